The molecule has 0 aliphatic rings. The average molecular weight is 350 g/mol. The maximum Gasteiger partial charge on any atom is 0.227 e. The molecule has 0 saturated carbocycles. The third kappa shape index (κ3) is 3.77. The van der Waals surface area contributed by atoms with Crippen molar-refractivity contribution in [2.75, 3.05) is 21.3 Å². The Morgan fingerprint density at radius 1 is 1.04 bits per heavy atom. The van der Waals surface area contributed by atoms with Crippen molar-refractivity contribution < 1.29 is 14.3 Å². The van der Waals surface area contributed by atoms with E-state index in [2.05, 4.69) is 4.98 Å². The number of amides is 1. The predicted molar refractivity (Wildman–Crippen MR) is 101 cm³/mol. The average Bonchev–Trinajstić information content (AvgIpc) is 2.68. The molecule has 0 aliphatic carbocycles. The number of likely N-dealkylation sites (N-methyl/N-ethyl adjacent to an activating group) is 1. The van der Waals surface area contributed by atoms with Crippen molar-refractivity contribution in [1.29, 1.82) is 0 Å². The van der Waals surface area contributed by atoms with Crippen LogP contribution in [0.15, 0.2) is 54.7 Å². The summed E-state index contributed by atoms with van der Waals surface area (Å²) >= 11 is 0. The first-order valence-corrected chi connectivity index (χ1v) is 8.40. The van der Waals surface area contributed by atoms with Crippen LogP contribution in [0.2, 0.25) is 0 Å². The summed E-state index contributed by atoms with van der Waals surface area (Å²) in [6.07, 6.45) is 2.06. The van der Waals surface area contributed by atoms with Crippen molar-refractivity contribution in [3.63, 3.8) is 0 Å². The molecule has 0 bridgehead atoms. The fourth-order valence-electron chi connectivity index (χ4n) is 2.93. The first kappa shape index (κ1) is 17.7. The first-order chi connectivity index (χ1) is 12.6. The van der Waals surface area contributed by atoms with Gasteiger partial charge in [-0.2, -0.15) is 0 Å². The Morgan fingerprint density at radius 3 is 2.62 bits per heavy atom. The Labute approximate surface area is 153 Å². The van der Waals surface area contributed by atoms with E-state index in [1.54, 1.807) is 32.4 Å². The molecule has 1 heterocycles. The summed E-state index contributed by atoms with van der Waals surface area (Å²) in [5, 5.41) is 1.04. The number of carbonyl (C=O) groups is 1. The van der Waals surface area contributed by atoms with Crippen LogP contribution in [0, 0.1) is 0 Å². The van der Waals surface area contributed by atoms with E-state index in [4.69, 9.17) is 9.47 Å². The van der Waals surface area contributed by atoms with Gasteiger partial charge < -0.3 is 14.4 Å². The Balaban J connectivity index is 1.76. The first-order valence-electron chi connectivity index (χ1n) is 8.40. The predicted octanol–water partition coefficient (Wildman–Crippen LogP) is 3.45. The molecule has 3 aromatic rings. The molecule has 5 heteroatoms. The number of hydrogen-bond acceptors (Lipinski definition) is 4. The highest BCUT2D eigenvalue weighted by molar-refractivity contribution is 5.87. The summed E-state index contributed by atoms with van der Waals surface area (Å²) in [5.74, 6) is 1.46. The fourth-order valence-corrected chi connectivity index (χ4v) is 2.93. The van der Waals surface area contributed by atoms with Gasteiger partial charge in [0.1, 0.15) is 11.5 Å². The summed E-state index contributed by atoms with van der Waals surface area (Å²) in [6, 6.07) is 15.4. The summed E-state index contributed by atoms with van der Waals surface area (Å²) < 4.78 is 10.6. The van der Waals surface area contributed by atoms with Gasteiger partial charge in [0.05, 0.1) is 26.2 Å². The van der Waals surface area contributed by atoms with Gasteiger partial charge in [0, 0.05) is 36.8 Å². The van der Waals surface area contributed by atoms with Crippen LogP contribution >= 0.6 is 0 Å². The van der Waals surface area contributed by atoms with Crippen LogP contribution in [0.5, 0.6) is 11.5 Å². The van der Waals surface area contributed by atoms with Crippen molar-refractivity contribution in [3.05, 3.63) is 65.9 Å². The lowest BCUT2D eigenvalue weighted by Crippen LogP contribution is -2.28. The standard InChI is InChI=1S/C21H22N2O3/c1-23(14-17-9-10-18(25-2)13-19(17)26-3)20(24)12-16-7-4-6-15-8-5-11-22-21(15)16/h4-11,13H,12,14H2,1-3H3. The molecule has 5 nitrogen and oxygen atoms in total. The third-order valence-corrected chi connectivity index (χ3v) is 4.39. The van der Waals surface area contributed by atoms with E-state index in [0.29, 0.717) is 18.7 Å². The zero-order chi connectivity index (χ0) is 18.5. The molecule has 0 fully saturated rings. The molecular formula is C21H22N2O3. The molecular weight excluding hydrogens is 328 g/mol. The molecule has 0 atom stereocenters. The fraction of sp³-hybridized carbons (Fsp3) is 0.238. The zero-order valence-corrected chi connectivity index (χ0v) is 15.2. The van der Waals surface area contributed by atoms with E-state index in [1.165, 1.54) is 0 Å². The van der Waals surface area contributed by atoms with E-state index in [1.807, 2.05) is 48.5 Å². The summed E-state index contributed by atoms with van der Waals surface area (Å²) in [6.45, 7) is 0.462. The minimum absolute atomic E-state index is 0.0287. The molecule has 0 N–H and O–H groups in total. The minimum atomic E-state index is 0.0287. The van der Waals surface area contributed by atoms with Crippen LogP contribution in [-0.2, 0) is 17.8 Å². The molecule has 26 heavy (non-hydrogen) atoms. The lowest BCUT2D eigenvalue weighted by molar-refractivity contribution is -0.129. The van der Waals surface area contributed by atoms with Crippen LogP contribution in [0.4, 0.5) is 0 Å². The number of ether oxygens (including phenoxy) is 2. The number of fused-ring (bicyclic) bond motifs is 1. The Morgan fingerprint density at radius 2 is 1.85 bits per heavy atom. The number of rotatable bonds is 6. The lowest BCUT2D eigenvalue weighted by Gasteiger charge is -2.19. The molecule has 3 rings (SSSR count). The largest absolute Gasteiger partial charge is 0.497 e. The number of pyridine rings is 1. The molecule has 0 radical (unpaired) electrons. The second-order valence-electron chi connectivity index (χ2n) is 6.10. The summed E-state index contributed by atoms with van der Waals surface area (Å²) in [5.41, 5.74) is 2.74. The van der Waals surface area contributed by atoms with Crippen molar-refractivity contribution in [3.8, 4) is 11.5 Å². The number of nitrogens with zero attached hydrogens (tertiary/aromatic N) is 2. The van der Waals surface area contributed by atoms with Gasteiger partial charge in [-0.05, 0) is 23.8 Å². The Kier molecular flexibility index (Phi) is 5.37. The van der Waals surface area contributed by atoms with Gasteiger partial charge in [0.25, 0.3) is 0 Å². The number of benzene rings is 2. The van der Waals surface area contributed by atoms with Crippen LogP contribution in [0.3, 0.4) is 0 Å². The van der Waals surface area contributed by atoms with Crippen molar-refractivity contribution in [1.82, 2.24) is 9.88 Å². The van der Waals surface area contributed by atoms with Gasteiger partial charge in [-0.3, -0.25) is 9.78 Å². The SMILES string of the molecule is COc1ccc(CN(C)C(=O)Cc2cccc3cccnc23)c(OC)c1. The molecule has 0 unspecified atom stereocenters. The molecule has 0 aliphatic heterocycles. The number of aromatic nitrogens is 1. The number of hydrogen-bond donors (Lipinski definition) is 0. The molecule has 1 amide bonds. The maximum atomic E-state index is 12.7. The third-order valence-electron chi connectivity index (χ3n) is 4.39. The van der Waals surface area contributed by atoms with Gasteiger partial charge in [0.15, 0.2) is 0 Å². The van der Waals surface area contributed by atoms with Crippen molar-refractivity contribution in [2.24, 2.45) is 0 Å². The van der Waals surface area contributed by atoms with Crippen LogP contribution in [-0.4, -0.2) is 37.1 Å². The highest BCUT2D eigenvalue weighted by atomic mass is 16.5. The highest BCUT2D eigenvalue weighted by Gasteiger charge is 2.15. The van der Waals surface area contributed by atoms with Gasteiger partial charge >= 0.3 is 0 Å². The summed E-state index contributed by atoms with van der Waals surface area (Å²) in [7, 11) is 5.02. The smallest absolute Gasteiger partial charge is 0.227 e. The lowest BCUT2D eigenvalue weighted by atomic mass is 10.1. The van der Waals surface area contributed by atoms with E-state index in [0.717, 1.165) is 27.8 Å². The molecule has 0 saturated heterocycles. The van der Waals surface area contributed by atoms with E-state index in [-0.39, 0.29) is 5.91 Å². The summed E-state index contributed by atoms with van der Waals surface area (Å²) in [4.78, 5) is 18.8. The normalized spacial score (nSPS) is 10.6. The molecule has 0 spiro atoms. The van der Waals surface area contributed by atoms with Gasteiger partial charge in [-0.1, -0.05) is 24.3 Å². The van der Waals surface area contributed by atoms with Crippen LogP contribution < -0.4 is 9.47 Å². The van der Waals surface area contributed by atoms with Gasteiger partial charge in [-0.25, -0.2) is 0 Å². The second-order valence-corrected chi connectivity index (χ2v) is 6.10. The Hall–Kier alpha value is -3.08. The van der Waals surface area contributed by atoms with Crippen LogP contribution in [0.1, 0.15) is 11.1 Å². The molecule has 134 valence electrons. The van der Waals surface area contributed by atoms with Gasteiger partial charge in [-0.15, -0.1) is 0 Å². The molecule has 2 aromatic carbocycles. The zero-order valence-electron chi connectivity index (χ0n) is 15.2. The highest BCUT2D eigenvalue weighted by Crippen LogP contribution is 2.26. The van der Waals surface area contributed by atoms with Crippen molar-refractivity contribution >= 4 is 16.8 Å². The van der Waals surface area contributed by atoms with E-state index in [9.17, 15) is 4.79 Å². The van der Waals surface area contributed by atoms with Gasteiger partial charge in [0.2, 0.25) is 5.91 Å². The minimum Gasteiger partial charge on any atom is -0.497 e. The number of para-hydroxylation sites is 1. The van der Waals surface area contributed by atoms with Crippen LogP contribution in [0.25, 0.3) is 10.9 Å². The number of methoxy groups -OCH3 is 2. The monoisotopic (exact) mass is 350 g/mol. The quantitative estimate of drug-likeness (QED) is 0.683. The maximum absolute atomic E-state index is 12.7. The van der Waals surface area contributed by atoms with E-state index >= 15 is 0 Å². The van der Waals surface area contributed by atoms with E-state index < -0.39 is 0 Å². The van der Waals surface area contributed by atoms with Crippen molar-refractivity contribution in [2.45, 2.75) is 13.0 Å². The number of carbonyl (C=O) groups excluding carboxylic acids is 1. The second kappa shape index (κ2) is 7.87. The Bertz CT molecular complexity index is 919. The molecule has 1 aromatic heterocycles. The topological polar surface area (TPSA) is 51.7 Å².